The Hall–Kier alpha value is -1.88. The van der Waals surface area contributed by atoms with Gasteiger partial charge in [0, 0.05) is 12.1 Å². The molecule has 0 bridgehead atoms. The fraction of sp³-hybridized carbons (Fsp3) is 0.811. The van der Waals surface area contributed by atoms with Gasteiger partial charge in [0.05, 0.1) is 35.9 Å². The van der Waals surface area contributed by atoms with E-state index in [1.807, 2.05) is 13.8 Å². The molecule has 0 aliphatic heterocycles. The van der Waals surface area contributed by atoms with Gasteiger partial charge in [0.2, 0.25) is 0 Å². The third-order valence-electron chi connectivity index (χ3n) is 13.4. The number of hydrogen-bond acceptors (Lipinski definition) is 9. The topological polar surface area (TPSA) is 157 Å². The van der Waals surface area contributed by atoms with Crippen molar-refractivity contribution in [3.8, 4) is 5.75 Å². The lowest BCUT2D eigenvalue weighted by molar-refractivity contribution is -0.384. The van der Waals surface area contributed by atoms with Gasteiger partial charge in [-0.05, 0) is 137 Å². The Kier molecular flexibility index (Phi) is 11.7. The molecule has 5 unspecified atom stereocenters. The summed E-state index contributed by atoms with van der Waals surface area (Å²) < 4.78 is 31.3. The molecule has 4 saturated carbocycles. The number of non-ortho nitro benzene ring substituents is 1. The van der Waals surface area contributed by atoms with Gasteiger partial charge < -0.3 is 19.5 Å². The average molecular weight is 707 g/mol. The fourth-order valence-electron chi connectivity index (χ4n) is 10.7. The van der Waals surface area contributed by atoms with E-state index in [2.05, 4.69) is 32.8 Å². The van der Waals surface area contributed by atoms with Gasteiger partial charge in [-0.1, -0.05) is 27.7 Å². The number of carbonyl (C=O) groups is 1. The molecule has 4 aliphatic rings. The quantitative estimate of drug-likeness (QED) is 0.102. The van der Waals surface area contributed by atoms with Crippen LogP contribution in [0.2, 0.25) is 0 Å². The third-order valence-corrected chi connectivity index (χ3v) is 15.1. The first-order valence-electron chi connectivity index (χ1n) is 18.5. The van der Waals surface area contributed by atoms with Crippen LogP contribution in [0.1, 0.15) is 99.8 Å². The number of Topliss-reactive ketones (excluding diaryl/α,β-unsaturated/α-hetero) is 1. The van der Waals surface area contributed by atoms with Crippen molar-refractivity contribution < 1.29 is 38.3 Å². The highest BCUT2D eigenvalue weighted by Gasteiger charge is 2.64. The standard InChI is InChI=1S/C37H59N2O9P/c1-22(2)46-21-33(41)25(5)38-49(45,48-28-10-8-26(9-11-28)39(43)44)47-19-16-23(3)29-12-13-30-34-31(15-18-36(29,30)6)37(7)17-14-27(40)20-32(37)24(4)35(34)42/h8-11,22-25,27,29-32,34-35,40,42H,12-21H2,1-7H3,(H,38,45)/t23-,24-,25+,27-,29-,30?,31?,32?,34?,35-,36-,37-,49?/m1/s1. The summed E-state index contributed by atoms with van der Waals surface area (Å²) in [5.74, 6) is 2.17. The number of nitro benzene ring substituents is 1. The van der Waals surface area contributed by atoms with Crippen LogP contribution in [0.3, 0.4) is 0 Å². The fourth-order valence-corrected chi connectivity index (χ4v) is 12.3. The number of ether oxygens (including phenoxy) is 1. The second-order valence-corrected chi connectivity index (χ2v) is 18.2. The Bertz CT molecular complexity index is 1380. The predicted octanol–water partition coefficient (Wildman–Crippen LogP) is 7.33. The van der Waals surface area contributed by atoms with Crippen molar-refractivity contribution in [1.82, 2.24) is 5.09 Å². The highest BCUT2D eigenvalue weighted by Crippen LogP contribution is 2.69. The highest BCUT2D eigenvalue weighted by atomic mass is 31.2. The summed E-state index contributed by atoms with van der Waals surface area (Å²) in [6, 6.07) is 4.37. The predicted molar refractivity (Wildman–Crippen MR) is 187 cm³/mol. The van der Waals surface area contributed by atoms with Gasteiger partial charge >= 0.3 is 7.75 Å². The minimum Gasteiger partial charge on any atom is -0.413 e. The van der Waals surface area contributed by atoms with Gasteiger partial charge in [0.25, 0.3) is 5.69 Å². The first-order chi connectivity index (χ1) is 23.0. The number of nitrogens with zero attached hydrogens (tertiary/aromatic N) is 1. The third kappa shape index (κ3) is 7.82. The second kappa shape index (κ2) is 15.0. The number of rotatable bonds is 14. The molecule has 13 atom stereocenters. The minimum atomic E-state index is -4.08. The van der Waals surface area contributed by atoms with Gasteiger partial charge in [0.15, 0.2) is 5.78 Å². The monoisotopic (exact) mass is 706 g/mol. The number of fused-ring (bicyclic) bond motifs is 5. The van der Waals surface area contributed by atoms with Crippen LogP contribution in [0.25, 0.3) is 0 Å². The lowest BCUT2D eigenvalue weighted by atomic mass is 9.42. The summed E-state index contributed by atoms with van der Waals surface area (Å²) in [4.78, 5) is 23.4. The van der Waals surface area contributed by atoms with Crippen molar-refractivity contribution in [2.45, 2.75) is 124 Å². The van der Waals surface area contributed by atoms with E-state index in [-0.39, 0.29) is 77.3 Å². The Labute approximate surface area is 292 Å². The zero-order valence-corrected chi connectivity index (χ0v) is 31.3. The lowest BCUT2D eigenvalue weighted by Crippen LogP contribution is -2.61. The molecule has 11 nitrogen and oxygen atoms in total. The normalized spacial score (nSPS) is 38.1. The summed E-state index contributed by atoms with van der Waals surface area (Å²) in [6.45, 7) is 14.5. The van der Waals surface area contributed by atoms with Crippen molar-refractivity contribution in [1.29, 1.82) is 0 Å². The van der Waals surface area contributed by atoms with E-state index in [4.69, 9.17) is 13.8 Å². The molecule has 12 heteroatoms. The molecule has 1 aromatic rings. The first kappa shape index (κ1) is 38.4. The Morgan fingerprint density at radius 2 is 1.67 bits per heavy atom. The number of aliphatic hydroxyl groups excluding tert-OH is 2. The van der Waals surface area contributed by atoms with Crippen LogP contribution in [-0.2, 0) is 18.6 Å². The van der Waals surface area contributed by atoms with Crippen molar-refractivity contribution in [3.63, 3.8) is 0 Å². The number of carbonyl (C=O) groups excluding carboxylic acids is 1. The van der Waals surface area contributed by atoms with Crippen LogP contribution in [0.5, 0.6) is 5.75 Å². The van der Waals surface area contributed by atoms with Crippen molar-refractivity contribution in [2.75, 3.05) is 13.2 Å². The number of hydrogen-bond donors (Lipinski definition) is 3. The highest BCUT2D eigenvalue weighted by molar-refractivity contribution is 7.52. The Morgan fingerprint density at radius 3 is 2.33 bits per heavy atom. The van der Waals surface area contributed by atoms with Crippen LogP contribution in [0.15, 0.2) is 24.3 Å². The van der Waals surface area contributed by atoms with Gasteiger partial charge in [-0.3, -0.25) is 19.4 Å². The molecule has 49 heavy (non-hydrogen) atoms. The first-order valence-corrected chi connectivity index (χ1v) is 20.0. The molecule has 0 spiro atoms. The Morgan fingerprint density at radius 1 is 1.02 bits per heavy atom. The zero-order valence-electron chi connectivity index (χ0n) is 30.4. The summed E-state index contributed by atoms with van der Waals surface area (Å²) in [7, 11) is -4.08. The van der Waals surface area contributed by atoms with E-state index >= 15 is 0 Å². The summed E-state index contributed by atoms with van der Waals surface area (Å²) in [5.41, 5.74) is 0.102. The lowest BCUT2D eigenvalue weighted by Gasteiger charge is -2.64. The van der Waals surface area contributed by atoms with Crippen LogP contribution >= 0.6 is 7.75 Å². The van der Waals surface area contributed by atoms with Crippen molar-refractivity contribution in [2.24, 2.45) is 52.3 Å². The number of nitro groups is 1. The maximum Gasteiger partial charge on any atom is 0.459 e. The van der Waals surface area contributed by atoms with E-state index < -0.39 is 18.7 Å². The van der Waals surface area contributed by atoms with Crippen LogP contribution < -0.4 is 9.61 Å². The smallest absolute Gasteiger partial charge is 0.413 e. The number of aliphatic hydroxyl groups is 2. The molecule has 0 heterocycles. The minimum absolute atomic E-state index is 0.0766. The zero-order chi connectivity index (χ0) is 35.9. The van der Waals surface area contributed by atoms with Gasteiger partial charge in [0.1, 0.15) is 12.4 Å². The summed E-state index contributed by atoms with van der Waals surface area (Å²) >= 11 is 0. The molecule has 3 N–H and O–H groups in total. The molecule has 0 amide bonds. The van der Waals surface area contributed by atoms with E-state index in [0.29, 0.717) is 30.1 Å². The maximum absolute atomic E-state index is 14.1. The number of benzene rings is 1. The molecule has 1 aromatic carbocycles. The molecule has 0 aromatic heterocycles. The average Bonchev–Trinajstić information content (AvgIpc) is 3.40. The second-order valence-electron chi connectivity index (χ2n) is 16.5. The van der Waals surface area contributed by atoms with Crippen LogP contribution in [-0.4, -0.2) is 58.5 Å². The van der Waals surface area contributed by atoms with E-state index in [1.54, 1.807) is 6.92 Å². The van der Waals surface area contributed by atoms with E-state index in [0.717, 1.165) is 44.9 Å². The largest absolute Gasteiger partial charge is 0.459 e. The number of ketones is 1. The SMILES string of the molecule is CC(C)OCC(=O)[C@H](C)NP(=O)(OCC[C@@H](C)[C@H]1CCC2C3C(CC[C@@]21C)[C@@]1(C)CC[C@@H](O)CC1[C@@H](C)[C@H]3O)Oc1ccc([N+](=O)[O-])cc1. The molecular weight excluding hydrogens is 647 g/mol. The Balaban J connectivity index is 1.26. The van der Waals surface area contributed by atoms with Gasteiger partial charge in [-0.25, -0.2) is 9.65 Å². The molecule has 0 saturated heterocycles. The van der Waals surface area contributed by atoms with Gasteiger partial charge in [-0.15, -0.1) is 0 Å². The van der Waals surface area contributed by atoms with Crippen LogP contribution in [0, 0.1) is 62.4 Å². The molecule has 276 valence electrons. The maximum atomic E-state index is 14.1. The molecule has 0 radical (unpaired) electrons. The number of nitrogens with one attached hydrogen (secondary N) is 1. The summed E-state index contributed by atoms with van der Waals surface area (Å²) in [5, 5.41) is 36.3. The van der Waals surface area contributed by atoms with Crippen molar-refractivity contribution >= 4 is 19.2 Å². The summed E-state index contributed by atoms with van der Waals surface area (Å²) in [6.07, 6.45) is 6.91. The molecule has 4 aliphatic carbocycles. The van der Waals surface area contributed by atoms with Crippen molar-refractivity contribution in [3.05, 3.63) is 34.4 Å². The van der Waals surface area contributed by atoms with Gasteiger partial charge in [-0.2, -0.15) is 0 Å². The molecule has 4 fully saturated rings. The molecular formula is C37H59N2O9P. The van der Waals surface area contributed by atoms with E-state index in [1.165, 1.54) is 24.3 Å². The van der Waals surface area contributed by atoms with Crippen LogP contribution in [0.4, 0.5) is 5.69 Å². The van der Waals surface area contributed by atoms with E-state index in [9.17, 15) is 29.7 Å². The molecule has 5 rings (SSSR count).